The summed E-state index contributed by atoms with van der Waals surface area (Å²) in [4.78, 5) is 11.7. The smallest absolute Gasteiger partial charge is 0.408 e. The lowest BCUT2D eigenvalue weighted by Gasteiger charge is -2.23. The van der Waals surface area contributed by atoms with Crippen molar-refractivity contribution >= 4 is 33.6 Å². The number of carbonyl (C=O) groups is 1. The maximum Gasteiger partial charge on any atom is 0.408 e. The summed E-state index contributed by atoms with van der Waals surface area (Å²) in [5, 5.41) is 12.5. The van der Waals surface area contributed by atoms with Crippen molar-refractivity contribution in [2.45, 2.75) is 46.3 Å². The van der Waals surface area contributed by atoms with Crippen molar-refractivity contribution in [2.75, 3.05) is 6.61 Å². The second kappa shape index (κ2) is 9.28. The van der Waals surface area contributed by atoms with Gasteiger partial charge in [-0.2, -0.15) is 0 Å². The summed E-state index contributed by atoms with van der Waals surface area (Å²) in [6, 6.07) is 4.65. The zero-order chi connectivity index (χ0) is 16.6. The van der Waals surface area contributed by atoms with Gasteiger partial charge in [0.2, 0.25) is 0 Å². The van der Waals surface area contributed by atoms with Crippen LogP contribution in [0.5, 0.6) is 0 Å². The average Bonchev–Trinajstić information content (AvgIpc) is 2.39. The van der Waals surface area contributed by atoms with Crippen LogP contribution < -0.4 is 5.32 Å². The highest BCUT2D eigenvalue weighted by molar-refractivity contribution is 9.10. The maximum absolute atomic E-state index is 11.7. The Morgan fingerprint density at radius 1 is 1.43 bits per heavy atom. The van der Waals surface area contributed by atoms with E-state index in [1.54, 1.807) is 39.0 Å². The van der Waals surface area contributed by atoms with Crippen molar-refractivity contribution in [3.8, 4) is 0 Å². The summed E-state index contributed by atoms with van der Waals surface area (Å²) in [5.74, 6) is 0. The molecule has 0 saturated carbocycles. The zero-order valence-corrected chi connectivity index (χ0v) is 15.4. The van der Waals surface area contributed by atoms with Crippen LogP contribution in [-0.2, 0) is 4.74 Å². The monoisotopic (exact) mass is 379 g/mol. The van der Waals surface area contributed by atoms with E-state index < -0.39 is 17.7 Å². The Kier molecular flexibility index (Phi) is 8.94. The van der Waals surface area contributed by atoms with Gasteiger partial charge in [0.05, 0.1) is 17.7 Å². The molecule has 1 unspecified atom stereocenters. The summed E-state index contributed by atoms with van der Waals surface area (Å²) in [7, 11) is 0. The largest absolute Gasteiger partial charge is 0.444 e. The van der Waals surface area contributed by atoms with E-state index in [-0.39, 0.29) is 6.61 Å². The third-order valence-electron chi connectivity index (χ3n) is 2.22. The summed E-state index contributed by atoms with van der Waals surface area (Å²) < 4.78 is 5.85. The standard InChI is InChI=1S/C13H17BrClNO3.C2H6/c1-13(2,3)19-12(18)16-11(7-17)8-4-5-10(15)9(14)6-8;1-2/h4-6,11,17H,7H2,1-3H3,(H,16,18);1-2H3. The van der Waals surface area contributed by atoms with Gasteiger partial charge >= 0.3 is 6.09 Å². The van der Waals surface area contributed by atoms with Crippen LogP contribution >= 0.6 is 27.5 Å². The van der Waals surface area contributed by atoms with Crippen molar-refractivity contribution in [3.63, 3.8) is 0 Å². The highest BCUT2D eigenvalue weighted by Gasteiger charge is 2.20. The number of halogens is 2. The predicted molar refractivity (Wildman–Crippen MR) is 89.7 cm³/mol. The number of ether oxygens (including phenoxy) is 1. The SMILES string of the molecule is CC.CC(C)(C)OC(=O)NC(CO)c1ccc(Cl)c(Br)c1. The minimum absolute atomic E-state index is 0.229. The van der Waals surface area contributed by atoms with Gasteiger partial charge in [-0.3, -0.25) is 0 Å². The fourth-order valence-corrected chi connectivity index (χ4v) is 1.93. The molecule has 6 heteroatoms. The molecule has 0 radical (unpaired) electrons. The molecule has 0 fully saturated rings. The van der Waals surface area contributed by atoms with Crippen LogP contribution in [0.2, 0.25) is 5.02 Å². The Morgan fingerprint density at radius 3 is 2.43 bits per heavy atom. The Balaban J connectivity index is 0.00000191. The lowest BCUT2D eigenvalue weighted by atomic mass is 10.1. The van der Waals surface area contributed by atoms with Gasteiger partial charge < -0.3 is 15.2 Å². The van der Waals surface area contributed by atoms with Crippen molar-refractivity contribution in [2.24, 2.45) is 0 Å². The van der Waals surface area contributed by atoms with Crippen molar-refractivity contribution in [3.05, 3.63) is 33.3 Å². The molecule has 0 heterocycles. The number of nitrogens with one attached hydrogen (secondary N) is 1. The fraction of sp³-hybridized carbons (Fsp3) is 0.533. The maximum atomic E-state index is 11.7. The topological polar surface area (TPSA) is 58.6 Å². The molecule has 0 bridgehead atoms. The molecule has 0 spiro atoms. The minimum atomic E-state index is -0.579. The van der Waals surface area contributed by atoms with E-state index in [4.69, 9.17) is 16.3 Å². The molecule has 0 aliphatic rings. The first-order valence-corrected chi connectivity index (χ1v) is 7.95. The fourth-order valence-electron chi connectivity index (χ4n) is 1.41. The number of hydrogen-bond acceptors (Lipinski definition) is 3. The number of hydrogen-bond donors (Lipinski definition) is 2. The number of aliphatic hydroxyl groups is 1. The molecule has 4 nitrogen and oxygen atoms in total. The van der Waals surface area contributed by atoms with Gasteiger partial charge in [-0.15, -0.1) is 0 Å². The molecule has 1 atom stereocenters. The van der Waals surface area contributed by atoms with Crippen LogP contribution in [-0.4, -0.2) is 23.4 Å². The first kappa shape index (κ1) is 20.2. The van der Waals surface area contributed by atoms with E-state index >= 15 is 0 Å². The van der Waals surface area contributed by atoms with Crippen LogP contribution in [0.15, 0.2) is 22.7 Å². The van der Waals surface area contributed by atoms with E-state index in [1.807, 2.05) is 13.8 Å². The molecule has 1 aromatic rings. The Morgan fingerprint density at radius 2 is 2.00 bits per heavy atom. The number of rotatable bonds is 3. The third-order valence-corrected chi connectivity index (χ3v) is 3.43. The number of aliphatic hydroxyl groups excluding tert-OH is 1. The molecule has 2 N–H and O–H groups in total. The average molecular weight is 381 g/mol. The quantitative estimate of drug-likeness (QED) is 0.800. The predicted octanol–water partition coefficient (Wildman–Crippen LogP) is 4.69. The van der Waals surface area contributed by atoms with Gasteiger partial charge in [-0.1, -0.05) is 31.5 Å². The number of alkyl carbamates (subject to hydrolysis) is 1. The van der Waals surface area contributed by atoms with Gasteiger partial charge in [0.25, 0.3) is 0 Å². The van der Waals surface area contributed by atoms with E-state index in [1.165, 1.54) is 0 Å². The molecule has 1 amide bonds. The van der Waals surface area contributed by atoms with E-state index in [0.717, 1.165) is 5.56 Å². The van der Waals surface area contributed by atoms with Crippen molar-refractivity contribution < 1.29 is 14.6 Å². The molecule has 0 aliphatic carbocycles. The van der Waals surface area contributed by atoms with Crippen molar-refractivity contribution in [1.29, 1.82) is 0 Å². The normalized spacial score (nSPS) is 12.0. The first-order chi connectivity index (χ1) is 9.73. The molecule has 0 aliphatic heterocycles. The van der Waals surface area contributed by atoms with Crippen LogP contribution in [0.1, 0.15) is 46.2 Å². The van der Waals surface area contributed by atoms with E-state index in [9.17, 15) is 9.90 Å². The van der Waals surface area contributed by atoms with Crippen molar-refractivity contribution in [1.82, 2.24) is 5.32 Å². The molecule has 1 aromatic carbocycles. The van der Waals surface area contributed by atoms with Crippen LogP contribution in [0.4, 0.5) is 4.79 Å². The summed E-state index contributed by atoms with van der Waals surface area (Å²) in [6.07, 6.45) is -0.572. The van der Waals surface area contributed by atoms with E-state index in [0.29, 0.717) is 9.50 Å². The third kappa shape index (κ3) is 7.69. The molecule has 0 saturated heterocycles. The Bertz CT molecular complexity index is 461. The summed E-state index contributed by atoms with van der Waals surface area (Å²) in [5.41, 5.74) is 0.162. The molecular formula is C15H23BrClNO3. The summed E-state index contributed by atoms with van der Waals surface area (Å²) in [6.45, 7) is 9.10. The van der Waals surface area contributed by atoms with Gasteiger partial charge in [0.15, 0.2) is 0 Å². The molecule has 120 valence electrons. The second-order valence-corrected chi connectivity index (χ2v) is 6.32. The first-order valence-electron chi connectivity index (χ1n) is 6.78. The lowest BCUT2D eigenvalue weighted by Crippen LogP contribution is -2.36. The van der Waals surface area contributed by atoms with Crippen LogP contribution in [0, 0.1) is 0 Å². The summed E-state index contributed by atoms with van der Waals surface area (Å²) >= 11 is 9.20. The molecular weight excluding hydrogens is 358 g/mol. The van der Waals surface area contributed by atoms with Crippen LogP contribution in [0.3, 0.4) is 0 Å². The van der Waals surface area contributed by atoms with Gasteiger partial charge in [-0.25, -0.2) is 4.79 Å². The van der Waals surface area contributed by atoms with Gasteiger partial charge in [0, 0.05) is 4.47 Å². The van der Waals surface area contributed by atoms with Gasteiger partial charge in [-0.05, 0) is 54.4 Å². The Labute approximate surface area is 140 Å². The number of amides is 1. The number of benzene rings is 1. The molecule has 0 aromatic heterocycles. The van der Waals surface area contributed by atoms with Crippen LogP contribution in [0.25, 0.3) is 0 Å². The minimum Gasteiger partial charge on any atom is -0.444 e. The zero-order valence-electron chi connectivity index (χ0n) is 13.0. The van der Waals surface area contributed by atoms with E-state index in [2.05, 4.69) is 21.2 Å². The molecule has 1 rings (SSSR count). The molecule has 21 heavy (non-hydrogen) atoms. The lowest BCUT2D eigenvalue weighted by molar-refractivity contribution is 0.0482. The highest BCUT2D eigenvalue weighted by Crippen LogP contribution is 2.26. The second-order valence-electron chi connectivity index (χ2n) is 5.05. The number of carbonyl (C=O) groups excluding carboxylic acids is 1. The highest BCUT2D eigenvalue weighted by atomic mass is 79.9. The Hall–Kier alpha value is -0.780. The van der Waals surface area contributed by atoms with Gasteiger partial charge in [0.1, 0.15) is 5.60 Å².